The van der Waals surface area contributed by atoms with Gasteiger partial charge in [0.25, 0.3) is 0 Å². The number of rotatable bonds is 4. The number of carbonyl (C=O) groups is 1. The highest BCUT2D eigenvalue weighted by Gasteiger charge is 2.12. The van der Waals surface area contributed by atoms with Crippen molar-refractivity contribution >= 4 is 32.6 Å². The summed E-state index contributed by atoms with van der Waals surface area (Å²) in [6.45, 7) is 6.34. The number of carbonyl (C=O) groups excluding carboxylic acids is 1. The molecule has 1 heterocycles. The third kappa shape index (κ3) is 3.59. The summed E-state index contributed by atoms with van der Waals surface area (Å²) in [5.41, 5.74) is 4.40. The Bertz CT molecular complexity index is 851. The number of para-hydroxylation sites is 1. The first-order valence-corrected chi connectivity index (χ1v) is 8.59. The molecule has 0 fully saturated rings. The van der Waals surface area contributed by atoms with E-state index in [4.69, 9.17) is 0 Å². The zero-order chi connectivity index (χ0) is 16.4. The molecule has 0 atom stereocenters. The van der Waals surface area contributed by atoms with Crippen LogP contribution in [0.25, 0.3) is 10.2 Å². The number of anilines is 1. The van der Waals surface area contributed by atoms with E-state index in [0.29, 0.717) is 17.5 Å². The Hall–Kier alpha value is -2.20. The molecular weight excluding hydrogens is 304 g/mol. The van der Waals surface area contributed by atoms with Gasteiger partial charge in [-0.1, -0.05) is 67.1 Å². The average molecular weight is 324 g/mol. The molecule has 0 saturated heterocycles. The van der Waals surface area contributed by atoms with E-state index in [1.165, 1.54) is 16.9 Å². The summed E-state index contributed by atoms with van der Waals surface area (Å²) in [4.78, 5) is 16.9. The molecule has 0 bridgehead atoms. The molecule has 1 aromatic heterocycles. The van der Waals surface area contributed by atoms with Crippen LogP contribution in [0.15, 0.2) is 42.5 Å². The van der Waals surface area contributed by atoms with E-state index in [9.17, 15) is 4.79 Å². The highest BCUT2D eigenvalue weighted by atomic mass is 32.1. The van der Waals surface area contributed by atoms with E-state index in [0.717, 1.165) is 21.3 Å². The van der Waals surface area contributed by atoms with Crippen LogP contribution in [0.4, 0.5) is 5.13 Å². The molecule has 0 aliphatic heterocycles. The number of hydrogen-bond donors (Lipinski definition) is 1. The fraction of sp³-hybridized carbons (Fsp3) is 0.263. The summed E-state index contributed by atoms with van der Waals surface area (Å²) < 4.78 is 1.11. The predicted molar refractivity (Wildman–Crippen MR) is 97.2 cm³/mol. The van der Waals surface area contributed by atoms with E-state index in [-0.39, 0.29) is 5.91 Å². The standard InChI is InChI=1S/C19H20N2OS/c1-12(2)15-8-5-9-16-18(15)21-19(23-16)20-17(22)11-14-7-4-6-13(3)10-14/h4-10,12H,11H2,1-3H3,(H,20,21,22). The van der Waals surface area contributed by atoms with Crippen molar-refractivity contribution in [1.82, 2.24) is 4.98 Å². The molecule has 3 nitrogen and oxygen atoms in total. The SMILES string of the molecule is Cc1cccc(CC(=O)Nc2nc3c(C(C)C)cccc3s2)c1. The number of nitrogens with zero attached hydrogens (tertiary/aromatic N) is 1. The zero-order valence-electron chi connectivity index (χ0n) is 13.6. The molecule has 1 amide bonds. The van der Waals surface area contributed by atoms with Crippen LogP contribution in [0.3, 0.4) is 0 Å². The third-order valence-electron chi connectivity index (χ3n) is 3.77. The van der Waals surface area contributed by atoms with Crippen molar-refractivity contribution in [1.29, 1.82) is 0 Å². The molecule has 0 unspecified atom stereocenters. The van der Waals surface area contributed by atoms with Gasteiger partial charge in [-0.05, 0) is 30.0 Å². The molecule has 3 rings (SSSR count). The van der Waals surface area contributed by atoms with Crippen LogP contribution in [0, 0.1) is 6.92 Å². The van der Waals surface area contributed by atoms with Crippen LogP contribution in [0.1, 0.15) is 36.5 Å². The van der Waals surface area contributed by atoms with Gasteiger partial charge in [0.1, 0.15) is 0 Å². The van der Waals surface area contributed by atoms with Crippen molar-refractivity contribution in [2.45, 2.75) is 33.1 Å². The summed E-state index contributed by atoms with van der Waals surface area (Å²) in [6, 6.07) is 14.2. The van der Waals surface area contributed by atoms with Gasteiger partial charge in [0.05, 0.1) is 16.6 Å². The minimum atomic E-state index is -0.0271. The summed E-state index contributed by atoms with van der Waals surface area (Å²) >= 11 is 1.53. The Morgan fingerprint density at radius 2 is 2.00 bits per heavy atom. The zero-order valence-corrected chi connectivity index (χ0v) is 14.4. The second-order valence-electron chi connectivity index (χ2n) is 6.08. The number of aryl methyl sites for hydroxylation is 1. The molecule has 118 valence electrons. The number of thiazole rings is 1. The lowest BCUT2D eigenvalue weighted by Crippen LogP contribution is -2.14. The Kier molecular flexibility index (Phi) is 4.44. The molecule has 0 radical (unpaired) electrons. The number of nitrogens with one attached hydrogen (secondary N) is 1. The average Bonchev–Trinajstić information content (AvgIpc) is 2.88. The first kappa shape index (κ1) is 15.7. The van der Waals surface area contributed by atoms with Crippen LogP contribution >= 0.6 is 11.3 Å². The first-order chi connectivity index (χ1) is 11.0. The molecule has 0 spiro atoms. The van der Waals surface area contributed by atoms with Crippen molar-refractivity contribution in [2.75, 3.05) is 5.32 Å². The Balaban J connectivity index is 1.79. The fourth-order valence-corrected chi connectivity index (χ4v) is 3.58. The van der Waals surface area contributed by atoms with Gasteiger partial charge in [0.15, 0.2) is 5.13 Å². The van der Waals surface area contributed by atoms with Crippen molar-refractivity contribution in [3.05, 3.63) is 59.2 Å². The van der Waals surface area contributed by atoms with E-state index in [2.05, 4.69) is 36.3 Å². The van der Waals surface area contributed by atoms with Gasteiger partial charge in [0, 0.05) is 0 Å². The summed E-state index contributed by atoms with van der Waals surface area (Å²) in [5.74, 6) is 0.386. The number of aromatic nitrogens is 1. The molecule has 4 heteroatoms. The minimum absolute atomic E-state index is 0.0271. The van der Waals surface area contributed by atoms with Crippen LogP contribution in [-0.4, -0.2) is 10.9 Å². The minimum Gasteiger partial charge on any atom is -0.302 e. The van der Waals surface area contributed by atoms with Crippen molar-refractivity contribution in [3.63, 3.8) is 0 Å². The van der Waals surface area contributed by atoms with Gasteiger partial charge in [-0.3, -0.25) is 4.79 Å². The van der Waals surface area contributed by atoms with E-state index in [1.54, 1.807) is 0 Å². The molecule has 0 aliphatic carbocycles. The number of fused-ring (bicyclic) bond motifs is 1. The van der Waals surface area contributed by atoms with Gasteiger partial charge in [-0.25, -0.2) is 4.98 Å². The van der Waals surface area contributed by atoms with Gasteiger partial charge < -0.3 is 5.32 Å². The van der Waals surface area contributed by atoms with E-state index >= 15 is 0 Å². The first-order valence-electron chi connectivity index (χ1n) is 7.78. The maximum atomic E-state index is 12.2. The second kappa shape index (κ2) is 6.50. The van der Waals surface area contributed by atoms with Crippen molar-refractivity contribution in [3.8, 4) is 0 Å². The van der Waals surface area contributed by atoms with Gasteiger partial charge >= 0.3 is 0 Å². The fourth-order valence-electron chi connectivity index (χ4n) is 2.66. The molecule has 1 N–H and O–H groups in total. The second-order valence-corrected chi connectivity index (χ2v) is 7.11. The predicted octanol–water partition coefficient (Wildman–Crippen LogP) is 4.91. The van der Waals surface area contributed by atoms with E-state index < -0.39 is 0 Å². The largest absolute Gasteiger partial charge is 0.302 e. The third-order valence-corrected chi connectivity index (χ3v) is 4.70. The lowest BCUT2D eigenvalue weighted by atomic mass is 10.0. The van der Waals surface area contributed by atoms with Crippen LogP contribution in [0.5, 0.6) is 0 Å². The molecule has 23 heavy (non-hydrogen) atoms. The Labute approximate surface area is 140 Å². The molecule has 0 saturated carbocycles. The summed E-state index contributed by atoms with van der Waals surface area (Å²) in [6.07, 6.45) is 0.370. The maximum Gasteiger partial charge on any atom is 0.230 e. The maximum absolute atomic E-state index is 12.2. The van der Waals surface area contributed by atoms with Crippen molar-refractivity contribution in [2.24, 2.45) is 0 Å². The highest BCUT2D eigenvalue weighted by molar-refractivity contribution is 7.22. The summed E-state index contributed by atoms with van der Waals surface area (Å²) in [7, 11) is 0. The smallest absolute Gasteiger partial charge is 0.230 e. The van der Waals surface area contributed by atoms with E-state index in [1.807, 2.05) is 37.3 Å². The monoisotopic (exact) mass is 324 g/mol. The van der Waals surface area contributed by atoms with Crippen LogP contribution < -0.4 is 5.32 Å². The molecule has 2 aromatic carbocycles. The molecule has 0 aliphatic rings. The molecular formula is C19H20N2OS. The number of hydrogen-bond acceptors (Lipinski definition) is 3. The quantitative estimate of drug-likeness (QED) is 0.741. The number of amides is 1. The Morgan fingerprint density at radius 3 is 2.74 bits per heavy atom. The number of benzene rings is 2. The topological polar surface area (TPSA) is 42.0 Å². The van der Waals surface area contributed by atoms with Crippen molar-refractivity contribution < 1.29 is 4.79 Å². The lowest BCUT2D eigenvalue weighted by Gasteiger charge is -2.05. The van der Waals surface area contributed by atoms with Crippen LogP contribution in [-0.2, 0) is 11.2 Å². The van der Waals surface area contributed by atoms with Gasteiger partial charge in [0.2, 0.25) is 5.91 Å². The van der Waals surface area contributed by atoms with Gasteiger partial charge in [-0.15, -0.1) is 0 Å². The lowest BCUT2D eigenvalue weighted by molar-refractivity contribution is -0.115. The van der Waals surface area contributed by atoms with Gasteiger partial charge in [-0.2, -0.15) is 0 Å². The Morgan fingerprint density at radius 1 is 1.22 bits per heavy atom. The normalized spacial score (nSPS) is 11.1. The highest BCUT2D eigenvalue weighted by Crippen LogP contribution is 2.31. The summed E-state index contributed by atoms with van der Waals surface area (Å²) in [5, 5.41) is 3.61. The van der Waals surface area contributed by atoms with Crippen LogP contribution in [0.2, 0.25) is 0 Å². The molecule has 3 aromatic rings.